The number of hydrogen-bond acceptors (Lipinski definition) is 3. The molecule has 0 aliphatic heterocycles. The first-order valence-electron chi connectivity index (χ1n) is 6.06. The van der Waals surface area contributed by atoms with Gasteiger partial charge in [-0.25, -0.2) is 4.98 Å². The Morgan fingerprint density at radius 3 is 2.78 bits per heavy atom. The summed E-state index contributed by atoms with van der Waals surface area (Å²) in [5.41, 5.74) is 1.91. The van der Waals surface area contributed by atoms with Gasteiger partial charge in [-0.3, -0.25) is 0 Å². The first kappa shape index (κ1) is 12.3. The lowest BCUT2D eigenvalue weighted by molar-refractivity contribution is 0.641. The summed E-state index contributed by atoms with van der Waals surface area (Å²) in [4.78, 5) is 7.27. The summed E-state index contributed by atoms with van der Waals surface area (Å²) < 4.78 is 0. The summed E-state index contributed by atoms with van der Waals surface area (Å²) in [6.45, 7) is 1.80. The number of nitrogens with zero attached hydrogens (tertiary/aromatic N) is 2. The number of aryl methyl sites for hydroxylation is 1. The minimum atomic E-state index is 0.705. The van der Waals surface area contributed by atoms with E-state index in [0.717, 1.165) is 31.8 Å². The predicted octanol–water partition coefficient (Wildman–Crippen LogP) is 2.00. The molecule has 0 aliphatic rings. The van der Waals surface area contributed by atoms with Crippen molar-refractivity contribution in [3.8, 4) is 6.07 Å². The van der Waals surface area contributed by atoms with E-state index in [9.17, 15) is 0 Å². The quantitative estimate of drug-likeness (QED) is 0.759. The first-order chi connectivity index (χ1) is 8.88. The Morgan fingerprint density at radius 1 is 1.28 bits per heavy atom. The Bertz CT molecular complexity index is 494. The smallest absolute Gasteiger partial charge is 0.106 e. The van der Waals surface area contributed by atoms with E-state index < -0.39 is 0 Å². The second kappa shape index (κ2) is 6.58. The highest BCUT2D eigenvalue weighted by Gasteiger charge is 1.96. The highest BCUT2D eigenvalue weighted by Crippen LogP contribution is 2.02. The summed E-state index contributed by atoms with van der Waals surface area (Å²) in [6, 6.07) is 9.78. The van der Waals surface area contributed by atoms with Gasteiger partial charge in [0.1, 0.15) is 5.82 Å². The molecule has 0 spiro atoms. The third-order valence-electron chi connectivity index (χ3n) is 2.73. The average Bonchev–Trinajstić information content (AvgIpc) is 2.92. The summed E-state index contributed by atoms with van der Waals surface area (Å²) in [7, 11) is 0. The molecule has 0 saturated heterocycles. The molecule has 18 heavy (non-hydrogen) atoms. The third-order valence-corrected chi connectivity index (χ3v) is 2.73. The maximum atomic E-state index is 8.69. The number of benzene rings is 1. The van der Waals surface area contributed by atoms with Crippen molar-refractivity contribution in [2.24, 2.45) is 0 Å². The zero-order valence-corrected chi connectivity index (χ0v) is 10.2. The lowest BCUT2D eigenvalue weighted by atomic mass is 10.1. The van der Waals surface area contributed by atoms with Gasteiger partial charge < -0.3 is 10.3 Å². The SMILES string of the molecule is N#Cc1ccc(CNCCCc2ncc[nH]2)cc1. The van der Waals surface area contributed by atoms with Crippen LogP contribution in [-0.4, -0.2) is 16.5 Å². The molecular formula is C14H16N4. The van der Waals surface area contributed by atoms with Crippen LogP contribution in [0, 0.1) is 11.3 Å². The molecular weight excluding hydrogens is 224 g/mol. The molecule has 1 aromatic heterocycles. The molecule has 0 aliphatic carbocycles. The van der Waals surface area contributed by atoms with E-state index in [1.165, 1.54) is 5.56 Å². The Balaban J connectivity index is 1.64. The number of aromatic amines is 1. The van der Waals surface area contributed by atoms with Crippen LogP contribution in [-0.2, 0) is 13.0 Å². The van der Waals surface area contributed by atoms with E-state index in [2.05, 4.69) is 21.4 Å². The standard InChI is InChI=1S/C14H16N4/c15-10-12-3-5-13(6-4-12)11-16-7-1-2-14-17-8-9-18-14/h3-6,8-9,16H,1-2,7,11H2,(H,17,18). The summed E-state index contributed by atoms with van der Waals surface area (Å²) in [6.07, 6.45) is 5.65. The fourth-order valence-electron chi connectivity index (χ4n) is 1.75. The Labute approximate surface area is 107 Å². The molecule has 1 aromatic carbocycles. The number of H-pyrrole nitrogens is 1. The van der Waals surface area contributed by atoms with Gasteiger partial charge in [-0.1, -0.05) is 12.1 Å². The van der Waals surface area contributed by atoms with E-state index in [0.29, 0.717) is 5.56 Å². The van der Waals surface area contributed by atoms with Crippen molar-refractivity contribution < 1.29 is 0 Å². The minimum absolute atomic E-state index is 0.705. The molecule has 0 atom stereocenters. The summed E-state index contributed by atoms with van der Waals surface area (Å²) >= 11 is 0. The zero-order valence-electron chi connectivity index (χ0n) is 10.2. The van der Waals surface area contributed by atoms with E-state index in [1.54, 1.807) is 6.20 Å². The van der Waals surface area contributed by atoms with Crippen LogP contribution in [0.2, 0.25) is 0 Å². The molecule has 2 N–H and O–H groups in total. The third kappa shape index (κ3) is 3.72. The van der Waals surface area contributed by atoms with Crippen molar-refractivity contribution in [3.05, 3.63) is 53.6 Å². The van der Waals surface area contributed by atoms with Crippen LogP contribution in [0.15, 0.2) is 36.7 Å². The molecule has 4 heteroatoms. The molecule has 2 aromatic rings. The number of rotatable bonds is 6. The number of imidazole rings is 1. The normalized spacial score (nSPS) is 10.2. The second-order valence-electron chi connectivity index (χ2n) is 4.12. The monoisotopic (exact) mass is 240 g/mol. The van der Waals surface area contributed by atoms with Crippen LogP contribution in [0.5, 0.6) is 0 Å². The molecule has 0 unspecified atom stereocenters. The number of nitrogens with one attached hydrogen (secondary N) is 2. The molecule has 2 rings (SSSR count). The van der Waals surface area contributed by atoms with E-state index in [1.807, 2.05) is 30.5 Å². The van der Waals surface area contributed by atoms with Crippen LogP contribution < -0.4 is 5.32 Å². The van der Waals surface area contributed by atoms with E-state index in [-0.39, 0.29) is 0 Å². The fourth-order valence-corrected chi connectivity index (χ4v) is 1.75. The van der Waals surface area contributed by atoms with Gasteiger partial charge >= 0.3 is 0 Å². The van der Waals surface area contributed by atoms with Crippen molar-refractivity contribution >= 4 is 0 Å². The van der Waals surface area contributed by atoms with Gasteiger partial charge in [0, 0.05) is 25.4 Å². The molecule has 0 saturated carbocycles. The molecule has 0 fully saturated rings. The fraction of sp³-hybridized carbons (Fsp3) is 0.286. The van der Waals surface area contributed by atoms with E-state index >= 15 is 0 Å². The van der Waals surface area contributed by atoms with Crippen molar-refractivity contribution in [1.82, 2.24) is 15.3 Å². The maximum absolute atomic E-state index is 8.69. The van der Waals surface area contributed by atoms with Gasteiger partial charge in [-0.2, -0.15) is 5.26 Å². The number of hydrogen-bond donors (Lipinski definition) is 2. The van der Waals surface area contributed by atoms with Crippen molar-refractivity contribution in [3.63, 3.8) is 0 Å². The first-order valence-corrected chi connectivity index (χ1v) is 6.06. The van der Waals surface area contributed by atoms with Crippen molar-refractivity contribution in [2.75, 3.05) is 6.54 Å². The Kier molecular flexibility index (Phi) is 4.51. The largest absolute Gasteiger partial charge is 0.349 e. The van der Waals surface area contributed by atoms with Gasteiger partial charge in [-0.05, 0) is 30.7 Å². The maximum Gasteiger partial charge on any atom is 0.106 e. The number of aromatic nitrogens is 2. The number of nitriles is 1. The Morgan fingerprint density at radius 2 is 2.11 bits per heavy atom. The van der Waals surface area contributed by atoms with Crippen LogP contribution in [0.3, 0.4) is 0 Å². The lowest BCUT2D eigenvalue weighted by Crippen LogP contribution is -2.15. The van der Waals surface area contributed by atoms with Crippen molar-refractivity contribution in [1.29, 1.82) is 5.26 Å². The highest BCUT2D eigenvalue weighted by atomic mass is 14.9. The summed E-state index contributed by atoms with van der Waals surface area (Å²) in [5.74, 6) is 1.04. The average molecular weight is 240 g/mol. The lowest BCUT2D eigenvalue weighted by Gasteiger charge is -2.04. The molecule has 0 radical (unpaired) electrons. The molecule has 0 amide bonds. The predicted molar refractivity (Wildman–Crippen MR) is 69.8 cm³/mol. The highest BCUT2D eigenvalue weighted by molar-refractivity contribution is 5.31. The minimum Gasteiger partial charge on any atom is -0.349 e. The van der Waals surface area contributed by atoms with Gasteiger partial charge in [0.2, 0.25) is 0 Å². The topological polar surface area (TPSA) is 64.5 Å². The van der Waals surface area contributed by atoms with Crippen LogP contribution in [0.4, 0.5) is 0 Å². The molecule has 1 heterocycles. The van der Waals surface area contributed by atoms with Crippen molar-refractivity contribution in [2.45, 2.75) is 19.4 Å². The van der Waals surface area contributed by atoms with Crippen LogP contribution in [0.1, 0.15) is 23.4 Å². The van der Waals surface area contributed by atoms with Gasteiger partial charge in [0.05, 0.1) is 11.6 Å². The molecule has 0 bridgehead atoms. The van der Waals surface area contributed by atoms with Crippen LogP contribution in [0.25, 0.3) is 0 Å². The molecule has 4 nitrogen and oxygen atoms in total. The van der Waals surface area contributed by atoms with Crippen LogP contribution >= 0.6 is 0 Å². The van der Waals surface area contributed by atoms with E-state index in [4.69, 9.17) is 5.26 Å². The zero-order chi connectivity index (χ0) is 12.6. The molecule has 92 valence electrons. The van der Waals surface area contributed by atoms with Gasteiger partial charge in [-0.15, -0.1) is 0 Å². The van der Waals surface area contributed by atoms with Gasteiger partial charge in [0.15, 0.2) is 0 Å². The summed E-state index contributed by atoms with van der Waals surface area (Å²) in [5, 5.41) is 12.1. The second-order valence-corrected chi connectivity index (χ2v) is 4.12. The Hall–Kier alpha value is -2.12. The van der Waals surface area contributed by atoms with Gasteiger partial charge in [0.25, 0.3) is 0 Å².